The van der Waals surface area contributed by atoms with Crippen LogP contribution >= 0.6 is 12.4 Å². The van der Waals surface area contributed by atoms with Gasteiger partial charge in [0, 0.05) is 12.7 Å². The molecule has 0 aliphatic carbocycles. The molecule has 0 heterocycles. The van der Waals surface area contributed by atoms with Gasteiger partial charge in [-0.15, -0.1) is 12.4 Å². The van der Waals surface area contributed by atoms with Gasteiger partial charge in [0.1, 0.15) is 0 Å². The Morgan fingerprint density at radius 2 is 1.54 bits per heavy atom. The molecule has 0 bridgehead atoms. The summed E-state index contributed by atoms with van der Waals surface area (Å²) in [6.07, 6.45) is 2.20. The van der Waals surface area contributed by atoms with Gasteiger partial charge in [-0.1, -0.05) is 32.0 Å². The average Bonchev–Trinajstić information content (AvgIpc) is 2.16. The summed E-state index contributed by atoms with van der Waals surface area (Å²) in [6, 6.07) is 6.51. The lowest BCUT2D eigenvalue weighted by Crippen LogP contribution is -1.98. The molecule has 0 aliphatic rings. The molecule has 0 fully saturated rings. The molecular weight excluding hydrogens is 182 g/mol. The molecule has 0 radical (unpaired) electrons. The van der Waals surface area contributed by atoms with Crippen LogP contribution in [0.1, 0.15) is 25.0 Å². The van der Waals surface area contributed by atoms with Crippen molar-refractivity contribution in [2.45, 2.75) is 26.7 Å². The molecule has 0 aromatic heterocycles. The lowest BCUT2D eigenvalue weighted by atomic mass is 10.0. The van der Waals surface area contributed by atoms with E-state index in [4.69, 9.17) is 0 Å². The van der Waals surface area contributed by atoms with Crippen LogP contribution in [0.3, 0.4) is 0 Å². The average molecular weight is 200 g/mol. The van der Waals surface area contributed by atoms with Crippen molar-refractivity contribution >= 4 is 18.1 Å². The monoisotopic (exact) mass is 199 g/mol. The largest absolute Gasteiger partial charge is 0.388 e. The van der Waals surface area contributed by atoms with Crippen LogP contribution in [-0.4, -0.2) is 7.05 Å². The molecule has 0 aliphatic heterocycles. The Bertz CT molecular complexity index is 236. The number of anilines is 1. The maximum Gasteiger partial charge on any atom is 0.0402 e. The number of hydrogen-bond donors (Lipinski definition) is 1. The lowest BCUT2D eigenvalue weighted by molar-refractivity contribution is 1.08. The summed E-state index contributed by atoms with van der Waals surface area (Å²) in [5.74, 6) is 0. The van der Waals surface area contributed by atoms with Gasteiger partial charge in [0.2, 0.25) is 0 Å². The molecule has 0 atom stereocenters. The molecule has 0 saturated carbocycles. The van der Waals surface area contributed by atoms with Gasteiger partial charge in [-0.05, 0) is 24.0 Å². The standard InChI is InChI=1S/C11H17N.ClH/c1-4-9-7-6-8-10(5-2)11(9)12-3;/h6-8,12H,4-5H2,1-3H3;1H. The number of benzene rings is 1. The van der Waals surface area contributed by atoms with Gasteiger partial charge < -0.3 is 5.32 Å². The third-order valence-electron chi connectivity index (χ3n) is 2.25. The summed E-state index contributed by atoms with van der Waals surface area (Å²) in [4.78, 5) is 0. The van der Waals surface area contributed by atoms with Crippen molar-refractivity contribution in [2.75, 3.05) is 12.4 Å². The molecule has 74 valence electrons. The highest BCUT2D eigenvalue weighted by molar-refractivity contribution is 5.85. The molecule has 0 saturated heterocycles. The first-order valence-corrected chi connectivity index (χ1v) is 4.62. The minimum absolute atomic E-state index is 0. The molecule has 0 amide bonds. The minimum Gasteiger partial charge on any atom is -0.388 e. The summed E-state index contributed by atoms with van der Waals surface area (Å²) in [6.45, 7) is 4.38. The first-order chi connectivity index (χ1) is 5.83. The normalized spacial score (nSPS) is 9.15. The number of para-hydroxylation sites is 1. The quantitative estimate of drug-likeness (QED) is 0.788. The zero-order chi connectivity index (χ0) is 8.97. The van der Waals surface area contributed by atoms with Gasteiger partial charge in [0.25, 0.3) is 0 Å². The van der Waals surface area contributed by atoms with E-state index in [2.05, 4.69) is 37.4 Å². The van der Waals surface area contributed by atoms with Crippen LogP contribution in [0.5, 0.6) is 0 Å². The highest BCUT2D eigenvalue weighted by atomic mass is 35.5. The molecule has 2 heteroatoms. The third kappa shape index (κ3) is 2.63. The maximum atomic E-state index is 3.27. The molecule has 1 N–H and O–H groups in total. The fourth-order valence-electron chi connectivity index (χ4n) is 1.56. The Kier molecular flexibility index (Phi) is 5.56. The SMILES string of the molecule is CCc1cccc(CC)c1NC.Cl. The number of rotatable bonds is 3. The van der Waals surface area contributed by atoms with Gasteiger partial charge in [0.15, 0.2) is 0 Å². The topological polar surface area (TPSA) is 12.0 Å². The van der Waals surface area contributed by atoms with Crippen LogP contribution in [0.15, 0.2) is 18.2 Å². The predicted octanol–water partition coefficient (Wildman–Crippen LogP) is 3.27. The summed E-state index contributed by atoms with van der Waals surface area (Å²) in [7, 11) is 1.99. The molecule has 1 aromatic rings. The van der Waals surface area contributed by atoms with E-state index in [1.54, 1.807) is 0 Å². The van der Waals surface area contributed by atoms with Crippen molar-refractivity contribution in [1.29, 1.82) is 0 Å². The van der Waals surface area contributed by atoms with Crippen LogP contribution in [-0.2, 0) is 12.8 Å². The molecule has 1 nitrogen and oxygen atoms in total. The zero-order valence-corrected chi connectivity index (χ0v) is 9.37. The van der Waals surface area contributed by atoms with E-state index < -0.39 is 0 Å². The molecule has 0 unspecified atom stereocenters. The van der Waals surface area contributed by atoms with Crippen LogP contribution in [0.2, 0.25) is 0 Å². The number of halogens is 1. The Morgan fingerprint density at radius 1 is 1.08 bits per heavy atom. The van der Waals surface area contributed by atoms with E-state index in [0.717, 1.165) is 12.8 Å². The van der Waals surface area contributed by atoms with Gasteiger partial charge in [-0.2, -0.15) is 0 Å². The highest BCUT2D eigenvalue weighted by Crippen LogP contribution is 2.21. The van der Waals surface area contributed by atoms with E-state index in [9.17, 15) is 0 Å². The van der Waals surface area contributed by atoms with Crippen molar-refractivity contribution in [3.8, 4) is 0 Å². The van der Waals surface area contributed by atoms with Crippen molar-refractivity contribution in [3.05, 3.63) is 29.3 Å². The first-order valence-electron chi connectivity index (χ1n) is 4.62. The molecule has 0 spiro atoms. The molecule has 1 aromatic carbocycles. The minimum atomic E-state index is 0. The maximum absolute atomic E-state index is 3.27. The first kappa shape index (κ1) is 12.3. The van der Waals surface area contributed by atoms with Crippen LogP contribution < -0.4 is 5.32 Å². The van der Waals surface area contributed by atoms with Gasteiger partial charge >= 0.3 is 0 Å². The van der Waals surface area contributed by atoms with Gasteiger partial charge in [-0.25, -0.2) is 0 Å². The predicted molar refractivity (Wildman–Crippen MR) is 62.0 cm³/mol. The molecule has 13 heavy (non-hydrogen) atoms. The van der Waals surface area contributed by atoms with Crippen molar-refractivity contribution in [1.82, 2.24) is 0 Å². The summed E-state index contributed by atoms with van der Waals surface area (Å²) < 4.78 is 0. The Balaban J connectivity index is 0.00000144. The van der Waals surface area contributed by atoms with Gasteiger partial charge in [-0.3, -0.25) is 0 Å². The van der Waals surface area contributed by atoms with E-state index in [-0.39, 0.29) is 12.4 Å². The van der Waals surface area contributed by atoms with Crippen molar-refractivity contribution in [2.24, 2.45) is 0 Å². The Hall–Kier alpha value is -0.690. The van der Waals surface area contributed by atoms with Crippen molar-refractivity contribution < 1.29 is 0 Å². The second-order valence-corrected chi connectivity index (χ2v) is 2.91. The second-order valence-electron chi connectivity index (χ2n) is 2.91. The fraction of sp³-hybridized carbons (Fsp3) is 0.455. The van der Waals surface area contributed by atoms with Gasteiger partial charge in [0.05, 0.1) is 0 Å². The molecule has 1 rings (SSSR count). The van der Waals surface area contributed by atoms with Crippen LogP contribution in [0.25, 0.3) is 0 Å². The van der Waals surface area contributed by atoms with E-state index in [1.807, 2.05) is 7.05 Å². The number of hydrogen-bond acceptors (Lipinski definition) is 1. The zero-order valence-electron chi connectivity index (χ0n) is 8.55. The third-order valence-corrected chi connectivity index (χ3v) is 2.25. The van der Waals surface area contributed by atoms with Crippen molar-refractivity contribution in [3.63, 3.8) is 0 Å². The summed E-state index contributed by atoms with van der Waals surface area (Å²) >= 11 is 0. The molecular formula is C11H18ClN. The smallest absolute Gasteiger partial charge is 0.0402 e. The lowest BCUT2D eigenvalue weighted by Gasteiger charge is -2.11. The second kappa shape index (κ2) is 5.87. The number of aryl methyl sites for hydroxylation is 2. The summed E-state index contributed by atoms with van der Waals surface area (Å²) in [5.41, 5.74) is 4.15. The Morgan fingerprint density at radius 3 is 1.85 bits per heavy atom. The summed E-state index contributed by atoms with van der Waals surface area (Å²) in [5, 5.41) is 3.27. The Labute approximate surface area is 87.0 Å². The van der Waals surface area contributed by atoms with E-state index >= 15 is 0 Å². The fourth-order valence-corrected chi connectivity index (χ4v) is 1.56. The van der Waals surface area contributed by atoms with E-state index in [1.165, 1.54) is 16.8 Å². The van der Waals surface area contributed by atoms with Crippen LogP contribution in [0.4, 0.5) is 5.69 Å². The highest BCUT2D eigenvalue weighted by Gasteiger charge is 2.02. The van der Waals surface area contributed by atoms with E-state index in [0.29, 0.717) is 0 Å². The van der Waals surface area contributed by atoms with Crippen LogP contribution in [0, 0.1) is 0 Å². The number of nitrogens with one attached hydrogen (secondary N) is 1.